The normalized spacial score (nSPS) is 10.3. The van der Waals surface area contributed by atoms with Crippen molar-refractivity contribution in [1.29, 1.82) is 0 Å². The van der Waals surface area contributed by atoms with E-state index in [0.717, 1.165) is 11.3 Å². The van der Waals surface area contributed by atoms with Gasteiger partial charge in [-0.15, -0.1) is 0 Å². The molecule has 0 aliphatic carbocycles. The first-order valence-corrected chi connectivity index (χ1v) is 6.10. The Hall–Kier alpha value is -2.36. The third-order valence-corrected chi connectivity index (χ3v) is 3.04. The monoisotopic (exact) mass is 254 g/mol. The molecular formula is C15H18N4. The average molecular weight is 254 g/mol. The van der Waals surface area contributed by atoms with Crippen molar-refractivity contribution in [2.24, 2.45) is 0 Å². The standard InChI is InChI=1S/C15H18N4/c1-5-12-14(16)17-8-18-15(12)19-13-10(3)6-9(2)7-11(13)4/h5-8H,1H2,2-4H3,(H3,16,17,18,19). The van der Waals surface area contributed by atoms with Crippen molar-refractivity contribution in [1.82, 2.24) is 9.97 Å². The topological polar surface area (TPSA) is 63.8 Å². The SMILES string of the molecule is C=Cc1c(N)ncnc1Nc1c(C)cc(C)cc1C. The predicted octanol–water partition coefficient (Wildman–Crippen LogP) is 3.37. The summed E-state index contributed by atoms with van der Waals surface area (Å²) in [4.78, 5) is 8.20. The van der Waals surface area contributed by atoms with Gasteiger partial charge in [-0.3, -0.25) is 0 Å². The van der Waals surface area contributed by atoms with E-state index in [9.17, 15) is 0 Å². The van der Waals surface area contributed by atoms with E-state index in [1.165, 1.54) is 23.0 Å². The maximum atomic E-state index is 5.82. The molecular weight excluding hydrogens is 236 g/mol. The molecule has 2 rings (SSSR count). The Morgan fingerprint density at radius 2 is 1.79 bits per heavy atom. The lowest BCUT2D eigenvalue weighted by Crippen LogP contribution is -2.04. The molecule has 1 heterocycles. The van der Waals surface area contributed by atoms with Crippen LogP contribution in [-0.2, 0) is 0 Å². The van der Waals surface area contributed by atoms with Crippen LogP contribution < -0.4 is 11.1 Å². The van der Waals surface area contributed by atoms with E-state index in [1.54, 1.807) is 6.08 Å². The van der Waals surface area contributed by atoms with E-state index < -0.39 is 0 Å². The molecule has 4 nitrogen and oxygen atoms in total. The lowest BCUT2D eigenvalue weighted by atomic mass is 10.0. The lowest BCUT2D eigenvalue weighted by molar-refractivity contribution is 1.16. The largest absolute Gasteiger partial charge is 0.383 e. The maximum Gasteiger partial charge on any atom is 0.143 e. The van der Waals surface area contributed by atoms with Gasteiger partial charge in [-0.1, -0.05) is 30.4 Å². The fourth-order valence-electron chi connectivity index (χ4n) is 2.21. The van der Waals surface area contributed by atoms with Gasteiger partial charge >= 0.3 is 0 Å². The van der Waals surface area contributed by atoms with Crippen LogP contribution in [0.3, 0.4) is 0 Å². The summed E-state index contributed by atoms with van der Waals surface area (Å²) in [6.07, 6.45) is 3.11. The van der Waals surface area contributed by atoms with Gasteiger partial charge in [0, 0.05) is 5.69 Å². The highest BCUT2D eigenvalue weighted by Gasteiger charge is 2.09. The Morgan fingerprint density at radius 3 is 2.37 bits per heavy atom. The number of rotatable bonds is 3. The second-order valence-corrected chi connectivity index (χ2v) is 4.62. The second-order valence-electron chi connectivity index (χ2n) is 4.62. The van der Waals surface area contributed by atoms with Gasteiger partial charge in [-0.2, -0.15) is 0 Å². The minimum absolute atomic E-state index is 0.426. The molecule has 0 saturated heterocycles. The number of nitrogen functional groups attached to an aromatic ring is 1. The molecule has 0 saturated carbocycles. The van der Waals surface area contributed by atoms with Crippen molar-refractivity contribution in [2.45, 2.75) is 20.8 Å². The van der Waals surface area contributed by atoms with Crippen molar-refractivity contribution in [2.75, 3.05) is 11.1 Å². The number of nitrogens with zero attached hydrogens (tertiary/aromatic N) is 2. The van der Waals surface area contributed by atoms with Gasteiger partial charge in [0.05, 0.1) is 5.56 Å². The number of aryl methyl sites for hydroxylation is 3. The zero-order valence-electron chi connectivity index (χ0n) is 11.5. The molecule has 0 aliphatic rings. The maximum absolute atomic E-state index is 5.82. The van der Waals surface area contributed by atoms with E-state index in [4.69, 9.17) is 5.73 Å². The number of nitrogens with two attached hydrogens (primary N) is 1. The molecule has 0 spiro atoms. The minimum atomic E-state index is 0.426. The van der Waals surface area contributed by atoms with E-state index in [2.05, 4.69) is 54.8 Å². The number of benzene rings is 1. The summed E-state index contributed by atoms with van der Waals surface area (Å²) in [6, 6.07) is 4.26. The number of aromatic nitrogens is 2. The fourth-order valence-corrected chi connectivity index (χ4v) is 2.21. The summed E-state index contributed by atoms with van der Waals surface area (Å²) in [5.74, 6) is 1.10. The van der Waals surface area contributed by atoms with Crippen LogP contribution in [0.15, 0.2) is 25.0 Å². The molecule has 2 aromatic rings. The number of nitrogens with one attached hydrogen (secondary N) is 1. The molecule has 1 aromatic carbocycles. The van der Waals surface area contributed by atoms with Crippen LogP contribution in [0.2, 0.25) is 0 Å². The highest BCUT2D eigenvalue weighted by molar-refractivity contribution is 5.76. The van der Waals surface area contributed by atoms with Crippen molar-refractivity contribution in [3.05, 3.63) is 47.3 Å². The Balaban J connectivity index is 2.48. The first-order chi connectivity index (χ1) is 9.02. The van der Waals surface area contributed by atoms with Gasteiger partial charge < -0.3 is 11.1 Å². The highest BCUT2D eigenvalue weighted by Crippen LogP contribution is 2.28. The molecule has 19 heavy (non-hydrogen) atoms. The quantitative estimate of drug-likeness (QED) is 0.881. The third-order valence-electron chi connectivity index (χ3n) is 3.04. The van der Waals surface area contributed by atoms with E-state index in [0.29, 0.717) is 11.6 Å². The van der Waals surface area contributed by atoms with Crippen LogP contribution in [0.1, 0.15) is 22.3 Å². The van der Waals surface area contributed by atoms with Gasteiger partial charge in [-0.05, 0) is 31.9 Å². The predicted molar refractivity (Wildman–Crippen MR) is 80.5 cm³/mol. The van der Waals surface area contributed by atoms with Crippen LogP contribution in [0.25, 0.3) is 6.08 Å². The Kier molecular flexibility index (Phi) is 3.51. The molecule has 1 aromatic heterocycles. The summed E-state index contributed by atoms with van der Waals surface area (Å²) < 4.78 is 0. The molecule has 98 valence electrons. The smallest absolute Gasteiger partial charge is 0.143 e. The lowest BCUT2D eigenvalue weighted by Gasteiger charge is -2.15. The molecule has 0 unspecified atom stereocenters. The summed E-state index contributed by atoms with van der Waals surface area (Å²) in [5.41, 5.74) is 11.2. The minimum Gasteiger partial charge on any atom is -0.383 e. The van der Waals surface area contributed by atoms with E-state index >= 15 is 0 Å². The van der Waals surface area contributed by atoms with Crippen LogP contribution in [-0.4, -0.2) is 9.97 Å². The molecule has 3 N–H and O–H groups in total. The van der Waals surface area contributed by atoms with Gasteiger partial charge in [0.1, 0.15) is 18.0 Å². The van der Waals surface area contributed by atoms with Gasteiger partial charge in [0.15, 0.2) is 0 Å². The molecule has 0 bridgehead atoms. The Morgan fingerprint density at radius 1 is 1.16 bits per heavy atom. The first kappa shape index (κ1) is 13.1. The zero-order chi connectivity index (χ0) is 14.0. The summed E-state index contributed by atoms with van der Waals surface area (Å²) in [5, 5.41) is 3.33. The van der Waals surface area contributed by atoms with Crippen molar-refractivity contribution in [3.63, 3.8) is 0 Å². The molecule has 0 fully saturated rings. The van der Waals surface area contributed by atoms with Crippen molar-refractivity contribution < 1.29 is 0 Å². The van der Waals surface area contributed by atoms with Crippen molar-refractivity contribution in [3.8, 4) is 0 Å². The van der Waals surface area contributed by atoms with Crippen LogP contribution in [0, 0.1) is 20.8 Å². The summed E-state index contributed by atoms with van der Waals surface area (Å²) >= 11 is 0. The number of hydrogen-bond acceptors (Lipinski definition) is 4. The number of hydrogen-bond donors (Lipinski definition) is 2. The van der Waals surface area contributed by atoms with Gasteiger partial charge in [0.2, 0.25) is 0 Å². The van der Waals surface area contributed by atoms with Crippen LogP contribution >= 0.6 is 0 Å². The third kappa shape index (κ3) is 2.57. The van der Waals surface area contributed by atoms with Crippen LogP contribution in [0.5, 0.6) is 0 Å². The van der Waals surface area contributed by atoms with E-state index in [-0.39, 0.29) is 0 Å². The highest BCUT2D eigenvalue weighted by atomic mass is 15.0. The molecule has 0 aliphatic heterocycles. The Labute approximate surface area is 113 Å². The zero-order valence-corrected chi connectivity index (χ0v) is 11.5. The number of anilines is 3. The van der Waals surface area contributed by atoms with Crippen LogP contribution in [0.4, 0.5) is 17.3 Å². The molecule has 0 amide bonds. The molecule has 4 heteroatoms. The Bertz CT molecular complexity index is 609. The molecule has 0 atom stereocenters. The first-order valence-electron chi connectivity index (χ1n) is 6.10. The molecule has 0 radical (unpaired) electrons. The van der Waals surface area contributed by atoms with Crippen molar-refractivity contribution >= 4 is 23.4 Å². The average Bonchev–Trinajstić information content (AvgIpc) is 2.34. The van der Waals surface area contributed by atoms with Gasteiger partial charge in [-0.25, -0.2) is 9.97 Å². The second kappa shape index (κ2) is 5.10. The summed E-state index contributed by atoms with van der Waals surface area (Å²) in [7, 11) is 0. The summed E-state index contributed by atoms with van der Waals surface area (Å²) in [6.45, 7) is 9.98. The van der Waals surface area contributed by atoms with Gasteiger partial charge in [0.25, 0.3) is 0 Å². The van der Waals surface area contributed by atoms with E-state index in [1.807, 2.05) is 0 Å². The fraction of sp³-hybridized carbons (Fsp3) is 0.200.